The Balaban J connectivity index is 2.00. The molecular weight excluding hydrogens is 244 g/mol. The number of nitrogens with one attached hydrogen (secondary N) is 1. The van der Waals surface area contributed by atoms with Crippen molar-refractivity contribution in [3.8, 4) is 11.5 Å². The van der Waals surface area contributed by atoms with Gasteiger partial charge in [0, 0.05) is 31.7 Å². The minimum Gasteiger partial charge on any atom is -0.504 e. The number of hydrogen-bond donors (Lipinski definition) is 2. The first kappa shape index (κ1) is 14.1. The van der Waals surface area contributed by atoms with Crippen LogP contribution in [0.3, 0.4) is 0 Å². The predicted molar refractivity (Wildman–Crippen MR) is 73.6 cm³/mol. The number of nitrogens with zero attached hydrogens (tertiary/aromatic N) is 1. The number of morpholine rings is 1. The van der Waals surface area contributed by atoms with Crippen LogP contribution in [0.2, 0.25) is 0 Å². The Morgan fingerprint density at radius 3 is 3.11 bits per heavy atom. The van der Waals surface area contributed by atoms with Gasteiger partial charge in [-0.25, -0.2) is 0 Å². The summed E-state index contributed by atoms with van der Waals surface area (Å²) in [7, 11) is 3.49. The Kier molecular flexibility index (Phi) is 5.01. The highest BCUT2D eigenvalue weighted by molar-refractivity contribution is 5.45. The zero-order valence-corrected chi connectivity index (χ0v) is 11.6. The standard InChI is InChI=1S/C14H22N2O3/c1-15-8-12-10-16(6-7-19-12)9-11-4-3-5-13(18-2)14(11)17/h3-5,12,15,17H,6-10H2,1-2H3. The van der Waals surface area contributed by atoms with Crippen LogP contribution in [-0.2, 0) is 11.3 Å². The highest BCUT2D eigenvalue weighted by atomic mass is 16.5. The van der Waals surface area contributed by atoms with Crippen LogP contribution in [0.5, 0.6) is 11.5 Å². The first-order valence-electron chi connectivity index (χ1n) is 6.58. The lowest BCUT2D eigenvalue weighted by atomic mass is 10.1. The maximum absolute atomic E-state index is 10.1. The lowest BCUT2D eigenvalue weighted by Gasteiger charge is -2.33. The third-order valence-electron chi connectivity index (χ3n) is 3.35. The van der Waals surface area contributed by atoms with Crippen LogP contribution in [0.25, 0.3) is 0 Å². The minimum atomic E-state index is 0.214. The van der Waals surface area contributed by atoms with Crippen molar-refractivity contribution in [1.29, 1.82) is 0 Å². The number of para-hydroxylation sites is 1. The van der Waals surface area contributed by atoms with Crippen molar-refractivity contribution in [1.82, 2.24) is 10.2 Å². The van der Waals surface area contributed by atoms with E-state index < -0.39 is 0 Å². The van der Waals surface area contributed by atoms with Crippen LogP contribution in [-0.4, -0.2) is 56.5 Å². The van der Waals surface area contributed by atoms with Crippen LogP contribution >= 0.6 is 0 Å². The molecule has 19 heavy (non-hydrogen) atoms. The molecule has 5 heteroatoms. The fraction of sp³-hybridized carbons (Fsp3) is 0.571. The van der Waals surface area contributed by atoms with Crippen molar-refractivity contribution in [2.45, 2.75) is 12.6 Å². The Morgan fingerprint density at radius 1 is 1.53 bits per heavy atom. The summed E-state index contributed by atoms with van der Waals surface area (Å²) in [6.07, 6.45) is 0.214. The van der Waals surface area contributed by atoms with Gasteiger partial charge in [0.25, 0.3) is 0 Å². The molecule has 1 aliphatic rings. The van der Waals surface area contributed by atoms with Crippen molar-refractivity contribution < 1.29 is 14.6 Å². The number of hydrogen-bond acceptors (Lipinski definition) is 5. The summed E-state index contributed by atoms with van der Waals surface area (Å²) in [5, 5.41) is 13.2. The smallest absolute Gasteiger partial charge is 0.162 e. The Bertz CT molecular complexity index is 410. The molecule has 2 N–H and O–H groups in total. The Hall–Kier alpha value is -1.30. The summed E-state index contributed by atoms with van der Waals surface area (Å²) in [6.45, 7) is 4.05. The molecule has 2 rings (SSSR count). The molecule has 1 aliphatic heterocycles. The van der Waals surface area contributed by atoms with Crippen LogP contribution in [0.1, 0.15) is 5.56 Å². The molecule has 0 spiro atoms. The highest BCUT2D eigenvalue weighted by Gasteiger charge is 2.21. The van der Waals surface area contributed by atoms with E-state index in [-0.39, 0.29) is 11.9 Å². The maximum Gasteiger partial charge on any atom is 0.162 e. The number of aromatic hydroxyl groups is 1. The third-order valence-corrected chi connectivity index (χ3v) is 3.35. The summed E-state index contributed by atoms with van der Waals surface area (Å²) in [5.41, 5.74) is 0.893. The molecule has 1 unspecified atom stereocenters. The number of ether oxygens (including phenoxy) is 2. The number of rotatable bonds is 5. The molecule has 0 bridgehead atoms. The number of methoxy groups -OCH3 is 1. The minimum absolute atomic E-state index is 0.214. The molecule has 1 heterocycles. The molecular formula is C14H22N2O3. The van der Waals surface area contributed by atoms with Gasteiger partial charge in [0.2, 0.25) is 0 Å². The highest BCUT2D eigenvalue weighted by Crippen LogP contribution is 2.30. The van der Waals surface area contributed by atoms with Gasteiger partial charge < -0.3 is 19.9 Å². The van der Waals surface area contributed by atoms with E-state index >= 15 is 0 Å². The molecule has 0 aliphatic carbocycles. The summed E-state index contributed by atoms with van der Waals surface area (Å²) in [5.74, 6) is 0.763. The van der Waals surface area contributed by atoms with Crippen LogP contribution in [0, 0.1) is 0 Å². The van der Waals surface area contributed by atoms with Crippen LogP contribution < -0.4 is 10.1 Å². The Labute approximate surface area is 114 Å². The van der Waals surface area contributed by atoms with E-state index in [1.54, 1.807) is 13.2 Å². The van der Waals surface area contributed by atoms with Crippen molar-refractivity contribution in [2.24, 2.45) is 0 Å². The average Bonchev–Trinajstić information content (AvgIpc) is 2.42. The van der Waals surface area contributed by atoms with E-state index in [4.69, 9.17) is 9.47 Å². The second-order valence-corrected chi connectivity index (χ2v) is 4.75. The van der Waals surface area contributed by atoms with Gasteiger partial charge in [0.1, 0.15) is 0 Å². The monoisotopic (exact) mass is 266 g/mol. The average molecular weight is 266 g/mol. The number of phenolic OH excluding ortho intramolecular Hbond substituents is 1. The number of phenols is 1. The molecule has 0 amide bonds. The fourth-order valence-electron chi connectivity index (χ4n) is 2.38. The largest absolute Gasteiger partial charge is 0.504 e. The molecule has 5 nitrogen and oxygen atoms in total. The van der Waals surface area contributed by atoms with Gasteiger partial charge in [0.15, 0.2) is 11.5 Å². The molecule has 0 aromatic heterocycles. The number of likely N-dealkylation sites (N-methyl/N-ethyl adjacent to an activating group) is 1. The second kappa shape index (κ2) is 6.75. The van der Waals surface area contributed by atoms with E-state index in [2.05, 4.69) is 10.2 Å². The van der Waals surface area contributed by atoms with E-state index in [0.717, 1.165) is 31.8 Å². The van der Waals surface area contributed by atoms with Gasteiger partial charge in [-0.2, -0.15) is 0 Å². The zero-order chi connectivity index (χ0) is 13.7. The quantitative estimate of drug-likeness (QED) is 0.826. The van der Waals surface area contributed by atoms with Crippen molar-refractivity contribution in [3.63, 3.8) is 0 Å². The van der Waals surface area contributed by atoms with Crippen LogP contribution in [0.4, 0.5) is 0 Å². The lowest BCUT2D eigenvalue weighted by Crippen LogP contribution is -2.45. The summed E-state index contributed by atoms with van der Waals surface area (Å²) >= 11 is 0. The normalized spacial score (nSPS) is 20.4. The van der Waals surface area contributed by atoms with E-state index in [1.165, 1.54) is 0 Å². The molecule has 0 saturated carbocycles. The second-order valence-electron chi connectivity index (χ2n) is 4.75. The zero-order valence-electron chi connectivity index (χ0n) is 11.6. The first-order chi connectivity index (χ1) is 9.24. The lowest BCUT2D eigenvalue weighted by molar-refractivity contribution is -0.0293. The Morgan fingerprint density at radius 2 is 2.37 bits per heavy atom. The van der Waals surface area contributed by atoms with Gasteiger partial charge >= 0.3 is 0 Å². The maximum atomic E-state index is 10.1. The summed E-state index contributed by atoms with van der Waals surface area (Å²) in [4.78, 5) is 2.29. The first-order valence-corrected chi connectivity index (χ1v) is 6.58. The predicted octanol–water partition coefficient (Wildman–Crippen LogP) is 0.821. The third kappa shape index (κ3) is 3.59. The SMILES string of the molecule is CNCC1CN(Cc2cccc(OC)c2O)CCO1. The number of benzene rings is 1. The molecule has 106 valence electrons. The van der Waals surface area contributed by atoms with Crippen molar-refractivity contribution >= 4 is 0 Å². The molecule has 1 aromatic rings. The van der Waals surface area contributed by atoms with Gasteiger partial charge in [-0.05, 0) is 13.1 Å². The van der Waals surface area contributed by atoms with Gasteiger partial charge in [0.05, 0.1) is 19.8 Å². The van der Waals surface area contributed by atoms with Crippen molar-refractivity contribution in [3.05, 3.63) is 23.8 Å². The molecule has 0 radical (unpaired) electrons. The van der Waals surface area contributed by atoms with Crippen molar-refractivity contribution in [2.75, 3.05) is 40.4 Å². The van der Waals surface area contributed by atoms with Crippen LogP contribution in [0.15, 0.2) is 18.2 Å². The van der Waals surface area contributed by atoms with Gasteiger partial charge in [-0.1, -0.05) is 12.1 Å². The molecule has 1 atom stereocenters. The van der Waals surface area contributed by atoms with E-state index in [0.29, 0.717) is 12.3 Å². The summed E-state index contributed by atoms with van der Waals surface area (Å²) < 4.78 is 10.8. The van der Waals surface area contributed by atoms with E-state index in [1.807, 2.05) is 19.2 Å². The molecule has 1 fully saturated rings. The van der Waals surface area contributed by atoms with E-state index in [9.17, 15) is 5.11 Å². The topological polar surface area (TPSA) is 54.0 Å². The van der Waals surface area contributed by atoms with Gasteiger partial charge in [-0.3, -0.25) is 4.90 Å². The molecule has 1 saturated heterocycles. The molecule has 1 aromatic carbocycles. The fourth-order valence-corrected chi connectivity index (χ4v) is 2.38. The van der Waals surface area contributed by atoms with Gasteiger partial charge in [-0.15, -0.1) is 0 Å². The summed E-state index contributed by atoms with van der Waals surface area (Å²) in [6, 6.07) is 5.60.